The van der Waals surface area contributed by atoms with Gasteiger partial charge in [-0.25, -0.2) is 9.18 Å². The number of carbonyl (C=O) groups excluding carboxylic acids is 2. The van der Waals surface area contributed by atoms with Crippen LogP contribution >= 0.6 is 0 Å². The monoisotopic (exact) mass is 559 g/mol. The number of hydrogen-bond donors (Lipinski definition) is 2. The lowest BCUT2D eigenvalue weighted by atomic mass is 9.44. The number of Topliss-reactive ketones (excluding diaryl/α,β-unsaturated/α-hetero) is 1. The van der Waals surface area contributed by atoms with Crippen molar-refractivity contribution >= 4 is 24.3 Å². The van der Waals surface area contributed by atoms with Crippen molar-refractivity contribution in [3.05, 3.63) is 23.5 Å². The number of aliphatic hydroxyl groups is 1. The van der Waals surface area contributed by atoms with Gasteiger partial charge in [0.05, 0.1) is 12.7 Å². The molecule has 8 nitrogen and oxygen atoms in total. The van der Waals surface area contributed by atoms with Crippen molar-refractivity contribution in [3.8, 4) is 5.75 Å². The number of ketones is 1. The van der Waals surface area contributed by atoms with E-state index in [1.54, 1.807) is 6.07 Å². The minimum atomic E-state index is -1.37. The highest BCUT2D eigenvalue weighted by Crippen LogP contribution is 2.67. The summed E-state index contributed by atoms with van der Waals surface area (Å²) in [6.07, 6.45) is 2.03. The first kappa shape index (κ1) is 29.5. The largest absolute Gasteiger partial charge is 0.494 e. The number of ether oxygens (including phenoxy) is 2. The molecule has 0 spiro atoms. The number of rotatable bonds is 6. The molecule has 5 rings (SSSR count). The van der Waals surface area contributed by atoms with Gasteiger partial charge in [-0.15, -0.1) is 0 Å². The Bertz CT molecular complexity index is 1180. The summed E-state index contributed by atoms with van der Waals surface area (Å²) in [5.41, 5.74) is -1.01. The molecule has 4 aliphatic rings. The fourth-order valence-corrected chi connectivity index (χ4v) is 8.93. The fourth-order valence-electron chi connectivity index (χ4n) is 8.93. The van der Waals surface area contributed by atoms with Crippen LogP contribution in [-0.4, -0.2) is 73.4 Å². The standard InChI is InChI=1S/C30H43BFNO7/c1-17-9-11-30-12-10-20(34)26(30)29(17,4)22(13-28(3,16-33(5)6)27(36)18(30)2)40-23(35)15-38-21-8-7-19-14-39-31(37)24(19)25(21)32/h7-8,17-18,22,26-27,36-37H,9-16H2,1-6H3/t17-,18+,22-,26+,27+,28+,29+,30+/m1/s1. The highest BCUT2D eigenvalue weighted by Gasteiger charge is 2.68. The Labute approximate surface area is 236 Å². The lowest BCUT2D eigenvalue weighted by Gasteiger charge is -2.62. The van der Waals surface area contributed by atoms with Gasteiger partial charge in [0.1, 0.15) is 11.9 Å². The third kappa shape index (κ3) is 4.50. The van der Waals surface area contributed by atoms with Crippen LogP contribution in [0.3, 0.4) is 0 Å². The molecule has 8 atom stereocenters. The highest BCUT2D eigenvalue weighted by atomic mass is 19.1. The van der Waals surface area contributed by atoms with Gasteiger partial charge in [-0.2, -0.15) is 0 Å². The van der Waals surface area contributed by atoms with Crippen LogP contribution in [0.5, 0.6) is 5.75 Å². The van der Waals surface area contributed by atoms with Crippen LogP contribution in [0.1, 0.15) is 65.4 Å². The van der Waals surface area contributed by atoms with E-state index >= 15 is 4.39 Å². The number of nitrogens with zero attached hydrogens (tertiary/aromatic N) is 1. The van der Waals surface area contributed by atoms with Gasteiger partial charge in [-0.3, -0.25) is 4.79 Å². The Morgan fingerprint density at radius 2 is 1.98 bits per heavy atom. The summed E-state index contributed by atoms with van der Waals surface area (Å²) < 4.78 is 31.9. The molecule has 2 bridgehead atoms. The fraction of sp³-hybridized carbons (Fsp3) is 0.733. The average molecular weight is 559 g/mol. The van der Waals surface area contributed by atoms with Gasteiger partial charge in [0.15, 0.2) is 18.2 Å². The predicted molar refractivity (Wildman–Crippen MR) is 147 cm³/mol. The maximum atomic E-state index is 15.0. The number of fused-ring (bicyclic) bond motifs is 1. The first-order valence-electron chi connectivity index (χ1n) is 14.5. The van der Waals surface area contributed by atoms with Gasteiger partial charge >= 0.3 is 13.1 Å². The molecule has 3 fully saturated rings. The van der Waals surface area contributed by atoms with Crippen molar-refractivity contribution in [3.63, 3.8) is 0 Å². The summed E-state index contributed by atoms with van der Waals surface area (Å²) in [6, 6.07) is 3.02. The van der Waals surface area contributed by atoms with Crippen LogP contribution < -0.4 is 10.2 Å². The van der Waals surface area contributed by atoms with Gasteiger partial charge < -0.3 is 29.2 Å². The van der Waals surface area contributed by atoms with Crippen molar-refractivity contribution in [1.29, 1.82) is 0 Å². The number of hydrogen-bond acceptors (Lipinski definition) is 8. The van der Waals surface area contributed by atoms with Crippen molar-refractivity contribution < 1.29 is 38.2 Å². The summed E-state index contributed by atoms with van der Waals surface area (Å²) in [7, 11) is 2.56. The highest BCUT2D eigenvalue weighted by molar-refractivity contribution is 6.61. The number of esters is 1. The Balaban J connectivity index is 1.46. The molecule has 220 valence electrons. The smallest absolute Gasteiger partial charge is 0.479 e. The van der Waals surface area contributed by atoms with Gasteiger partial charge in [-0.1, -0.05) is 33.8 Å². The SMILES string of the molecule is C[C@@H]1CC[C@@]23CCC(=O)[C@H]2[C@]1(C)[C@H](OC(=O)COc1ccc2c(c1F)B(O)OC2)C[C@@](C)(CN(C)C)[C@@H](O)[C@@H]3C. The van der Waals surface area contributed by atoms with Crippen LogP contribution in [-0.2, 0) is 25.6 Å². The van der Waals surface area contributed by atoms with E-state index in [9.17, 15) is 19.7 Å². The first-order chi connectivity index (χ1) is 18.7. The molecule has 1 aromatic carbocycles. The second kappa shape index (κ2) is 10.4. The van der Waals surface area contributed by atoms with Crippen LogP contribution in [0.4, 0.5) is 4.39 Å². The molecule has 1 aliphatic heterocycles. The van der Waals surface area contributed by atoms with Crippen LogP contribution in [0.2, 0.25) is 0 Å². The molecule has 3 saturated carbocycles. The first-order valence-corrected chi connectivity index (χ1v) is 14.5. The normalized spacial score (nSPS) is 39.0. The molecule has 2 N–H and O–H groups in total. The Hall–Kier alpha value is -2.01. The average Bonchev–Trinajstić information content (AvgIpc) is 3.44. The van der Waals surface area contributed by atoms with E-state index in [0.29, 0.717) is 24.9 Å². The molecule has 0 aromatic heterocycles. The quantitative estimate of drug-likeness (QED) is 0.405. The number of aliphatic hydroxyl groups excluding tert-OH is 1. The lowest BCUT2D eigenvalue weighted by molar-refractivity contribution is -0.213. The van der Waals surface area contributed by atoms with E-state index in [-0.39, 0.29) is 46.8 Å². The van der Waals surface area contributed by atoms with E-state index in [1.807, 2.05) is 19.0 Å². The van der Waals surface area contributed by atoms with E-state index in [4.69, 9.17) is 14.1 Å². The molecule has 0 radical (unpaired) electrons. The molecular weight excluding hydrogens is 516 g/mol. The van der Waals surface area contributed by atoms with Crippen molar-refractivity contribution in [1.82, 2.24) is 4.90 Å². The number of carbonyl (C=O) groups is 2. The minimum Gasteiger partial charge on any atom is -0.479 e. The van der Waals surface area contributed by atoms with Crippen molar-refractivity contribution in [2.75, 3.05) is 27.2 Å². The van der Waals surface area contributed by atoms with Gasteiger partial charge in [0, 0.05) is 35.2 Å². The van der Waals surface area contributed by atoms with E-state index in [1.165, 1.54) is 6.07 Å². The van der Waals surface area contributed by atoms with Gasteiger partial charge in [0.2, 0.25) is 0 Å². The zero-order chi connectivity index (χ0) is 29.2. The molecule has 0 amide bonds. The lowest BCUT2D eigenvalue weighted by Crippen LogP contribution is -2.64. The Kier molecular flexibility index (Phi) is 7.64. The summed E-state index contributed by atoms with van der Waals surface area (Å²) in [5.74, 6) is -1.66. The number of benzene rings is 1. The minimum absolute atomic E-state index is 0.0214. The second-order valence-electron chi connectivity index (χ2n) is 13.6. The summed E-state index contributed by atoms with van der Waals surface area (Å²) in [6.45, 7) is 8.57. The summed E-state index contributed by atoms with van der Waals surface area (Å²) in [5, 5.41) is 21.9. The van der Waals surface area contributed by atoms with Crippen LogP contribution in [0.15, 0.2) is 12.1 Å². The molecule has 1 aromatic rings. The Morgan fingerprint density at radius 1 is 1.25 bits per heavy atom. The topological polar surface area (TPSA) is 106 Å². The molecule has 0 saturated heterocycles. The summed E-state index contributed by atoms with van der Waals surface area (Å²) >= 11 is 0. The molecule has 3 aliphatic carbocycles. The molecule has 1 heterocycles. The molecule has 0 unspecified atom stereocenters. The Morgan fingerprint density at radius 3 is 2.67 bits per heavy atom. The summed E-state index contributed by atoms with van der Waals surface area (Å²) in [4.78, 5) is 29.0. The number of halogens is 1. The van der Waals surface area contributed by atoms with Crippen molar-refractivity contribution in [2.45, 2.75) is 78.6 Å². The molecular formula is C30H43BFNO7. The second-order valence-corrected chi connectivity index (χ2v) is 13.6. The molecule has 10 heteroatoms. The van der Waals surface area contributed by atoms with Crippen LogP contribution in [0.25, 0.3) is 0 Å². The third-order valence-electron chi connectivity index (χ3n) is 11.1. The van der Waals surface area contributed by atoms with Crippen molar-refractivity contribution in [2.24, 2.45) is 34.0 Å². The maximum Gasteiger partial charge on any atom is 0.494 e. The predicted octanol–water partition coefficient (Wildman–Crippen LogP) is 2.70. The van der Waals surface area contributed by atoms with E-state index in [2.05, 4.69) is 27.7 Å². The van der Waals surface area contributed by atoms with Crippen LogP contribution in [0, 0.1) is 39.8 Å². The van der Waals surface area contributed by atoms with E-state index < -0.39 is 48.5 Å². The molecule has 40 heavy (non-hydrogen) atoms. The zero-order valence-corrected chi connectivity index (χ0v) is 24.5. The maximum absolute atomic E-state index is 15.0. The zero-order valence-electron chi connectivity index (χ0n) is 24.5. The van der Waals surface area contributed by atoms with Gasteiger partial charge in [0.25, 0.3) is 0 Å². The van der Waals surface area contributed by atoms with Gasteiger partial charge in [-0.05, 0) is 68.7 Å². The van der Waals surface area contributed by atoms with E-state index in [0.717, 1.165) is 19.3 Å². The third-order valence-corrected chi connectivity index (χ3v) is 11.1.